The molecule has 0 spiro atoms. The molecular weight excluding hydrogens is 306 g/mol. The van der Waals surface area contributed by atoms with Crippen LogP contribution in [0.5, 0.6) is 0 Å². The average Bonchev–Trinajstić information content (AvgIpc) is 3.07. The molecule has 0 saturated carbocycles. The van der Waals surface area contributed by atoms with Gasteiger partial charge in [-0.15, -0.1) is 0 Å². The molecule has 0 aliphatic rings. The Kier molecular flexibility index (Phi) is 5.68. The van der Waals surface area contributed by atoms with Crippen molar-refractivity contribution in [1.29, 1.82) is 0 Å². The van der Waals surface area contributed by atoms with Gasteiger partial charge in [0.1, 0.15) is 12.1 Å². The smallest absolute Gasteiger partial charge is 0.225 e. The Hall–Kier alpha value is -2.70. The van der Waals surface area contributed by atoms with E-state index in [0.717, 1.165) is 11.4 Å². The van der Waals surface area contributed by atoms with E-state index >= 15 is 0 Å². The zero-order valence-corrected chi connectivity index (χ0v) is 14.2. The molecule has 2 N–H and O–H groups in total. The van der Waals surface area contributed by atoms with Crippen molar-refractivity contribution in [2.75, 3.05) is 6.54 Å². The standard InChI is InChI=1S/C17H23N5O2/c1-17(2,3)16(24)19-7-6-15(23)21-11-13-4-5-14(20-10-13)22-9-8-18-12-22/h4-5,8-10,12H,6-7,11H2,1-3H3,(H,19,24)(H,21,23). The maximum atomic E-state index is 11.8. The van der Waals surface area contributed by atoms with E-state index in [1.807, 2.05) is 39.1 Å². The molecule has 7 nitrogen and oxygen atoms in total. The molecule has 0 aliphatic heterocycles. The molecular formula is C17H23N5O2. The Morgan fingerprint density at radius 3 is 2.58 bits per heavy atom. The van der Waals surface area contributed by atoms with E-state index < -0.39 is 5.41 Å². The van der Waals surface area contributed by atoms with Crippen molar-refractivity contribution in [3.8, 4) is 5.82 Å². The lowest BCUT2D eigenvalue weighted by Crippen LogP contribution is -2.37. The molecule has 0 fully saturated rings. The van der Waals surface area contributed by atoms with Gasteiger partial charge >= 0.3 is 0 Å². The largest absolute Gasteiger partial charge is 0.355 e. The maximum Gasteiger partial charge on any atom is 0.225 e. The van der Waals surface area contributed by atoms with Gasteiger partial charge in [0.05, 0.1) is 0 Å². The first-order valence-electron chi connectivity index (χ1n) is 7.84. The van der Waals surface area contributed by atoms with Crippen LogP contribution in [0.15, 0.2) is 37.1 Å². The maximum absolute atomic E-state index is 11.8. The van der Waals surface area contributed by atoms with Gasteiger partial charge in [-0.05, 0) is 11.6 Å². The van der Waals surface area contributed by atoms with Crippen LogP contribution >= 0.6 is 0 Å². The van der Waals surface area contributed by atoms with Gasteiger partial charge in [-0.1, -0.05) is 26.8 Å². The first-order valence-corrected chi connectivity index (χ1v) is 7.84. The number of carbonyl (C=O) groups excluding carboxylic acids is 2. The summed E-state index contributed by atoms with van der Waals surface area (Å²) in [6.07, 6.45) is 7.15. The van der Waals surface area contributed by atoms with E-state index in [1.54, 1.807) is 23.3 Å². The summed E-state index contributed by atoms with van der Waals surface area (Å²) in [4.78, 5) is 31.8. The Bertz CT molecular complexity index is 672. The summed E-state index contributed by atoms with van der Waals surface area (Å²) in [6.45, 7) is 6.25. The minimum absolute atomic E-state index is 0.0606. The first kappa shape index (κ1) is 17.7. The third-order valence-electron chi connectivity index (χ3n) is 3.39. The number of aromatic nitrogens is 3. The fraction of sp³-hybridized carbons (Fsp3) is 0.412. The van der Waals surface area contributed by atoms with E-state index in [-0.39, 0.29) is 18.2 Å². The summed E-state index contributed by atoms with van der Waals surface area (Å²) < 4.78 is 1.81. The topological polar surface area (TPSA) is 88.9 Å². The van der Waals surface area contributed by atoms with Crippen molar-refractivity contribution in [1.82, 2.24) is 25.2 Å². The normalized spacial score (nSPS) is 11.1. The van der Waals surface area contributed by atoms with Gasteiger partial charge in [0.2, 0.25) is 11.8 Å². The van der Waals surface area contributed by atoms with Crippen molar-refractivity contribution in [2.24, 2.45) is 5.41 Å². The second kappa shape index (κ2) is 7.72. The minimum Gasteiger partial charge on any atom is -0.355 e. The highest BCUT2D eigenvalue weighted by Crippen LogP contribution is 2.12. The van der Waals surface area contributed by atoms with E-state index in [9.17, 15) is 9.59 Å². The number of rotatable bonds is 6. The van der Waals surface area contributed by atoms with Crippen molar-refractivity contribution in [3.63, 3.8) is 0 Å². The molecule has 0 aromatic carbocycles. The van der Waals surface area contributed by atoms with Crippen LogP contribution in [-0.2, 0) is 16.1 Å². The molecule has 128 valence electrons. The zero-order chi connectivity index (χ0) is 17.6. The monoisotopic (exact) mass is 329 g/mol. The highest BCUT2D eigenvalue weighted by Gasteiger charge is 2.20. The summed E-state index contributed by atoms with van der Waals surface area (Å²) in [7, 11) is 0. The summed E-state index contributed by atoms with van der Waals surface area (Å²) >= 11 is 0. The number of pyridine rings is 1. The summed E-state index contributed by atoms with van der Waals surface area (Å²) in [5, 5.41) is 5.57. The quantitative estimate of drug-likeness (QED) is 0.839. The number of carbonyl (C=O) groups is 2. The lowest BCUT2D eigenvalue weighted by Gasteiger charge is -2.17. The molecule has 0 unspecified atom stereocenters. The van der Waals surface area contributed by atoms with E-state index in [4.69, 9.17) is 0 Å². The van der Waals surface area contributed by atoms with Crippen molar-refractivity contribution >= 4 is 11.8 Å². The highest BCUT2D eigenvalue weighted by molar-refractivity contribution is 5.82. The van der Waals surface area contributed by atoms with Crippen LogP contribution in [0.25, 0.3) is 5.82 Å². The van der Waals surface area contributed by atoms with E-state index in [1.165, 1.54) is 0 Å². The predicted octanol–water partition coefficient (Wildman–Crippen LogP) is 1.44. The lowest BCUT2D eigenvalue weighted by atomic mass is 9.96. The van der Waals surface area contributed by atoms with Gasteiger partial charge in [-0.2, -0.15) is 0 Å². The molecule has 2 rings (SSSR count). The molecule has 0 bridgehead atoms. The van der Waals surface area contributed by atoms with Crippen LogP contribution in [0, 0.1) is 5.41 Å². The molecule has 2 aromatic heterocycles. The van der Waals surface area contributed by atoms with Crippen molar-refractivity contribution in [2.45, 2.75) is 33.7 Å². The Labute approximate surface area is 141 Å². The lowest BCUT2D eigenvalue weighted by molar-refractivity contribution is -0.128. The van der Waals surface area contributed by atoms with Crippen LogP contribution in [0.2, 0.25) is 0 Å². The van der Waals surface area contributed by atoms with Crippen molar-refractivity contribution < 1.29 is 9.59 Å². The molecule has 2 amide bonds. The summed E-state index contributed by atoms with van der Waals surface area (Å²) in [5.74, 6) is 0.602. The number of imidazole rings is 1. The molecule has 0 radical (unpaired) electrons. The number of nitrogens with one attached hydrogen (secondary N) is 2. The molecule has 7 heteroatoms. The number of amides is 2. The van der Waals surface area contributed by atoms with Crippen LogP contribution < -0.4 is 10.6 Å². The summed E-state index contributed by atoms with van der Waals surface area (Å²) in [6, 6.07) is 3.77. The van der Waals surface area contributed by atoms with Crippen LogP contribution in [-0.4, -0.2) is 32.9 Å². The molecule has 2 aromatic rings. The third-order valence-corrected chi connectivity index (χ3v) is 3.39. The molecule has 2 heterocycles. The van der Waals surface area contributed by atoms with Gasteiger partial charge in [-0.25, -0.2) is 9.97 Å². The SMILES string of the molecule is CC(C)(C)C(=O)NCCC(=O)NCc1ccc(-n2ccnc2)nc1. The number of nitrogens with zero attached hydrogens (tertiary/aromatic N) is 3. The second-order valence-electron chi connectivity index (χ2n) is 6.53. The second-order valence-corrected chi connectivity index (χ2v) is 6.53. The van der Waals surface area contributed by atoms with Gasteiger partial charge in [0.15, 0.2) is 0 Å². The van der Waals surface area contributed by atoms with Crippen LogP contribution in [0.3, 0.4) is 0 Å². The van der Waals surface area contributed by atoms with E-state index in [2.05, 4.69) is 20.6 Å². The summed E-state index contributed by atoms with van der Waals surface area (Å²) in [5.41, 5.74) is 0.463. The molecule has 0 atom stereocenters. The molecule has 0 saturated heterocycles. The first-order chi connectivity index (χ1) is 11.4. The number of hydrogen-bond donors (Lipinski definition) is 2. The number of hydrogen-bond acceptors (Lipinski definition) is 4. The predicted molar refractivity (Wildman–Crippen MR) is 90.3 cm³/mol. The molecule has 24 heavy (non-hydrogen) atoms. The van der Waals surface area contributed by atoms with E-state index in [0.29, 0.717) is 13.1 Å². The van der Waals surface area contributed by atoms with Crippen LogP contribution in [0.1, 0.15) is 32.8 Å². The van der Waals surface area contributed by atoms with Crippen molar-refractivity contribution in [3.05, 3.63) is 42.6 Å². The Morgan fingerprint density at radius 1 is 1.21 bits per heavy atom. The van der Waals surface area contributed by atoms with Gasteiger partial charge in [0.25, 0.3) is 0 Å². The zero-order valence-electron chi connectivity index (χ0n) is 14.2. The fourth-order valence-corrected chi connectivity index (χ4v) is 1.91. The van der Waals surface area contributed by atoms with Gasteiger partial charge in [-0.3, -0.25) is 14.2 Å². The minimum atomic E-state index is -0.445. The highest BCUT2D eigenvalue weighted by atomic mass is 16.2. The Morgan fingerprint density at radius 2 is 2.00 bits per heavy atom. The van der Waals surface area contributed by atoms with Crippen LogP contribution in [0.4, 0.5) is 0 Å². The van der Waals surface area contributed by atoms with Gasteiger partial charge in [0, 0.05) is 43.5 Å². The third kappa shape index (κ3) is 5.19. The molecule has 0 aliphatic carbocycles. The van der Waals surface area contributed by atoms with Gasteiger partial charge < -0.3 is 10.6 Å². The average molecular weight is 329 g/mol. The Balaban J connectivity index is 1.73. The fourth-order valence-electron chi connectivity index (χ4n) is 1.91.